The molecule has 0 spiro atoms. The first-order valence-electron chi connectivity index (χ1n) is 4.97. The molecule has 0 aliphatic heterocycles. The van der Waals surface area contributed by atoms with E-state index in [0.29, 0.717) is 0 Å². The van der Waals surface area contributed by atoms with Crippen LogP contribution in [0.5, 0.6) is 0 Å². The van der Waals surface area contributed by atoms with Gasteiger partial charge in [0.15, 0.2) is 0 Å². The van der Waals surface area contributed by atoms with Crippen LogP contribution in [-0.4, -0.2) is 13.1 Å². The van der Waals surface area contributed by atoms with Gasteiger partial charge in [0.1, 0.15) is 0 Å². The fourth-order valence-electron chi connectivity index (χ4n) is 1.97. The minimum absolute atomic E-state index is 0.182. The van der Waals surface area contributed by atoms with Gasteiger partial charge in [0, 0.05) is 0 Å². The molecule has 0 fully saturated rings. The van der Waals surface area contributed by atoms with Gasteiger partial charge < -0.3 is 4.74 Å². The number of hydrogen-bond donors (Lipinski definition) is 0. The van der Waals surface area contributed by atoms with Crippen molar-refractivity contribution in [3.05, 3.63) is 35.5 Å². The van der Waals surface area contributed by atoms with E-state index >= 15 is 0 Å². The first-order valence-corrected chi connectivity index (χ1v) is 4.97. The minimum atomic E-state index is -0.203. The minimum Gasteiger partial charge on any atom is -0.468 e. The van der Waals surface area contributed by atoms with Gasteiger partial charge in [-0.1, -0.05) is 24.3 Å². The highest BCUT2D eigenvalue weighted by Gasteiger charge is 2.17. The average Bonchev–Trinajstić information content (AvgIpc) is 2.56. The molecule has 74 valence electrons. The summed E-state index contributed by atoms with van der Waals surface area (Å²) < 4.78 is 4.71. The lowest BCUT2D eigenvalue weighted by Crippen LogP contribution is -2.10. The summed E-state index contributed by atoms with van der Waals surface area (Å²) in [6, 6.07) is 0. The molecule has 0 aromatic carbocycles. The number of carbonyl (C=O) groups excluding carboxylic acids is 1. The monoisotopic (exact) mass is 190 g/mol. The Morgan fingerprint density at radius 1 is 1.29 bits per heavy atom. The fourth-order valence-corrected chi connectivity index (χ4v) is 1.97. The summed E-state index contributed by atoms with van der Waals surface area (Å²) in [5, 5.41) is 0. The maximum Gasteiger partial charge on any atom is 0.316 e. The van der Waals surface area contributed by atoms with Crippen LogP contribution >= 0.6 is 0 Å². The first-order chi connectivity index (χ1) is 6.81. The van der Waals surface area contributed by atoms with Crippen LogP contribution in [0.1, 0.15) is 19.3 Å². The Balaban J connectivity index is 2.18. The first kappa shape index (κ1) is 9.25. The lowest BCUT2D eigenvalue weighted by atomic mass is 10.1. The standard InChI is InChI=1S/C12H14O2/c1-14-12(13)11-7-5-9-3-2-4-10(9)6-8-11/h5-8,11H,2-4H2,1H3. The fraction of sp³-hybridized carbons (Fsp3) is 0.417. The summed E-state index contributed by atoms with van der Waals surface area (Å²) in [5.74, 6) is -0.385. The van der Waals surface area contributed by atoms with Gasteiger partial charge in [-0.2, -0.15) is 0 Å². The topological polar surface area (TPSA) is 26.3 Å². The lowest BCUT2D eigenvalue weighted by Gasteiger charge is -2.03. The number of esters is 1. The summed E-state index contributed by atoms with van der Waals surface area (Å²) in [7, 11) is 1.43. The van der Waals surface area contributed by atoms with E-state index in [2.05, 4.69) is 12.2 Å². The zero-order valence-electron chi connectivity index (χ0n) is 8.32. The Hall–Kier alpha value is -1.31. The van der Waals surface area contributed by atoms with E-state index in [-0.39, 0.29) is 11.9 Å². The van der Waals surface area contributed by atoms with Crippen molar-refractivity contribution < 1.29 is 9.53 Å². The zero-order chi connectivity index (χ0) is 9.97. The highest BCUT2D eigenvalue weighted by Crippen LogP contribution is 2.30. The molecule has 0 heterocycles. The third-order valence-corrected chi connectivity index (χ3v) is 2.79. The van der Waals surface area contributed by atoms with E-state index in [4.69, 9.17) is 4.74 Å². The van der Waals surface area contributed by atoms with Crippen molar-refractivity contribution in [1.82, 2.24) is 0 Å². The summed E-state index contributed by atoms with van der Waals surface area (Å²) in [6.07, 6.45) is 11.5. The Kier molecular flexibility index (Phi) is 2.53. The second-order valence-corrected chi connectivity index (χ2v) is 3.67. The summed E-state index contributed by atoms with van der Waals surface area (Å²) in [5.41, 5.74) is 2.76. The van der Waals surface area contributed by atoms with Crippen LogP contribution in [0.15, 0.2) is 35.5 Å². The van der Waals surface area contributed by atoms with Crippen molar-refractivity contribution in [3.63, 3.8) is 0 Å². The second kappa shape index (κ2) is 3.82. The van der Waals surface area contributed by atoms with E-state index in [9.17, 15) is 4.79 Å². The van der Waals surface area contributed by atoms with Gasteiger partial charge in [-0.25, -0.2) is 0 Å². The van der Waals surface area contributed by atoms with E-state index in [1.54, 1.807) is 0 Å². The van der Waals surface area contributed by atoms with Crippen molar-refractivity contribution in [2.24, 2.45) is 5.92 Å². The smallest absolute Gasteiger partial charge is 0.316 e. The molecule has 2 rings (SSSR count). The normalized spacial score (nSPS) is 20.9. The number of rotatable bonds is 1. The van der Waals surface area contributed by atoms with Crippen LogP contribution in [0.3, 0.4) is 0 Å². The molecule has 0 unspecified atom stereocenters. The molecule has 0 aromatic heterocycles. The quantitative estimate of drug-likeness (QED) is 0.593. The molecule has 0 saturated heterocycles. The summed E-state index contributed by atoms with van der Waals surface area (Å²) >= 11 is 0. The SMILES string of the molecule is COC(=O)C1C=CC2=C(C=C1)CCC2. The van der Waals surface area contributed by atoms with Crippen molar-refractivity contribution >= 4 is 5.97 Å². The molecule has 2 heteroatoms. The van der Waals surface area contributed by atoms with Crippen LogP contribution in [-0.2, 0) is 9.53 Å². The second-order valence-electron chi connectivity index (χ2n) is 3.67. The van der Waals surface area contributed by atoms with Gasteiger partial charge in [-0.3, -0.25) is 4.79 Å². The van der Waals surface area contributed by atoms with Crippen LogP contribution < -0.4 is 0 Å². The third kappa shape index (κ3) is 1.65. The van der Waals surface area contributed by atoms with Crippen molar-refractivity contribution in [1.29, 1.82) is 0 Å². The molecule has 0 N–H and O–H groups in total. The molecule has 0 saturated carbocycles. The molecule has 0 atom stereocenters. The van der Waals surface area contributed by atoms with Crippen molar-refractivity contribution in [3.8, 4) is 0 Å². The number of methoxy groups -OCH3 is 1. The lowest BCUT2D eigenvalue weighted by molar-refractivity contribution is -0.142. The van der Waals surface area contributed by atoms with Crippen molar-refractivity contribution in [2.75, 3.05) is 7.11 Å². The van der Waals surface area contributed by atoms with Crippen LogP contribution in [0.2, 0.25) is 0 Å². The Morgan fingerprint density at radius 2 is 1.86 bits per heavy atom. The summed E-state index contributed by atoms with van der Waals surface area (Å²) in [6.45, 7) is 0. The van der Waals surface area contributed by atoms with Gasteiger partial charge in [0.05, 0.1) is 13.0 Å². The highest BCUT2D eigenvalue weighted by molar-refractivity contribution is 5.77. The number of allylic oxidation sites excluding steroid dienone is 4. The van der Waals surface area contributed by atoms with Crippen LogP contribution in [0.25, 0.3) is 0 Å². The van der Waals surface area contributed by atoms with Gasteiger partial charge >= 0.3 is 5.97 Å². The molecule has 2 aliphatic rings. The number of hydrogen-bond acceptors (Lipinski definition) is 2. The molecule has 2 nitrogen and oxygen atoms in total. The molecule has 0 amide bonds. The van der Waals surface area contributed by atoms with Gasteiger partial charge in [0.25, 0.3) is 0 Å². The van der Waals surface area contributed by atoms with Gasteiger partial charge in [0.2, 0.25) is 0 Å². The Labute approximate surface area is 83.9 Å². The van der Waals surface area contributed by atoms with E-state index < -0.39 is 0 Å². The largest absolute Gasteiger partial charge is 0.468 e. The van der Waals surface area contributed by atoms with Gasteiger partial charge in [-0.15, -0.1) is 0 Å². The Bertz CT molecular complexity index is 310. The zero-order valence-corrected chi connectivity index (χ0v) is 8.32. The summed E-state index contributed by atoms with van der Waals surface area (Å²) in [4.78, 5) is 11.3. The maximum absolute atomic E-state index is 11.3. The molecule has 0 bridgehead atoms. The molecule has 2 aliphatic carbocycles. The van der Waals surface area contributed by atoms with Crippen LogP contribution in [0, 0.1) is 5.92 Å². The molecule has 0 radical (unpaired) electrons. The molecule has 0 aromatic rings. The van der Waals surface area contributed by atoms with E-state index in [1.807, 2.05) is 12.2 Å². The number of ether oxygens (including phenoxy) is 1. The Morgan fingerprint density at radius 3 is 2.36 bits per heavy atom. The third-order valence-electron chi connectivity index (χ3n) is 2.79. The molecular formula is C12H14O2. The number of carbonyl (C=O) groups is 1. The maximum atomic E-state index is 11.3. The van der Waals surface area contributed by atoms with Gasteiger partial charge in [-0.05, 0) is 30.4 Å². The molecule has 14 heavy (non-hydrogen) atoms. The predicted molar refractivity (Wildman–Crippen MR) is 54.7 cm³/mol. The molecular weight excluding hydrogens is 176 g/mol. The predicted octanol–water partition coefficient (Wildman–Crippen LogP) is 2.38. The van der Waals surface area contributed by atoms with Crippen LogP contribution in [0.4, 0.5) is 0 Å². The van der Waals surface area contributed by atoms with E-state index in [1.165, 1.54) is 24.7 Å². The average molecular weight is 190 g/mol. The highest BCUT2D eigenvalue weighted by atomic mass is 16.5. The van der Waals surface area contributed by atoms with E-state index in [0.717, 1.165) is 12.8 Å². The van der Waals surface area contributed by atoms with Crippen molar-refractivity contribution in [2.45, 2.75) is 19.3 Å².